The number of carboxylic acids is 1. The number of hydrogen-bond acceptors (Lipinski definition) is 7. The summed E-state index contributed by atoms with van der Waals surface area (Å²) in [5.74, 6) is -0.812. The molecule has 0 fully saturated rings. The molecular formula is C29H30F3N4O7P. The molecule has 234 valence electrons. The van der Waals surface area contributed by atoms with Crippen molar-refractivity contribution in [3.8, 4) is 23.8 Å². The Morgan fingerprint density at radius 2 is 1.45 bits per heavy atom. The van der Waals surface area contributed by atoms with E-state index < -0.39 is 31.6 Å². The maximum absolute atomic E-state index is 14.4. The summed E-state index contributed by atoms with van der Waals surface area (Å²) in [5.41, 5.74) is 12.2. The van der Waals surface area contributed by atoms with Crippen molar-refractivity contribution in [2.24, 2.45) is 16.5 Å². The topological polar surface area (TPSA) is 176 Å². The molecule has 11 nitrogen and oxygen atoms in total. The standard InChI is InChI=1S/C27H29N4O5P.C2HF3O2/c1-2-3-10-19-34-27(32)31-25(20-21-15-17-22(18-16-21)30-26(28)29)37(33,35-23-11-6-4-7-12-23)36-24-13-8-5-9-14-24;3-2(4,5)1(6)7/h1,4-9,11-18,25H,3,10,19-20H2,(H,31,32)(H4,28,29,30);(H,6,7). The average molecular weight is 635 g/mol. The monoisotopic (exact) mass is 634 g/mol. The van der Waals surface area contributed by atoms with Gasteiger partial charge < -0.3 is 35.7 Å². The van der Waals surface area contributed by atoms with E-state index in [1.807, 2.05) is 0 Å². The predicted octanol–water partition coefficient (Wildman–Crippen LogP) is 5.58. The number of benzene rings is 3. The van der Waals surface area contributed by atoms with Gasteiger partial charge in [0.1, 0.15) is 11.5 Å². The van der Waals surface area contributed by atoms with Gasteiger partial charge in [-0.05, 0) is 48.4 Å². The average Bonchev–Trinajstić information content (AvgIpc) is 2.96. The van der Waals surface area contributed by atoms with E-state index in [2.05, 4.69) is 16.2 Å². The zero-order valence-electron chi connectivity index (χ0n) is 23.1. The number of nitrogens with zero attached hydrogens (tertiary/aromatic N) is 1. The van der Waals surface area contributed by atoms with Gasteiger partial charge in [0, 0.05) is 12.8 Å². The highest BCUT2D eigenvalue weighted by Gasteiger charge is 2.41. The van der Waals surface area contributed by atoms with Crippen molar-refractivity contribution >= 4 is 31.3 Å². The number of alkyl carbamates (subject to hydrolysis) is 1. The Bertz CT molecular complexity index is 1420. The molecule has 3 aromatic carbocycles. The highest BCUT2D eigenvalue weighted by atomic mass is 31.2. The van der Waals surface area contributed by atoms with E-state index in [0.29, 0.717) is 30.0 Å². The van der Waals surface area contributed by atoms with Crippen LogP contribution in [0.3, 0.4) is 0 Å². The van der Waals surface area contributed by atoms with Crippen LogP contribution < -0.4 is 25.8 Å². The first-order valence-electron chi connectivity index (χ1n) is 12.8. The third kappa shape index (κ3) is 12.8. The number of guanidine groups is 1. The van der Waals surface area contributed by atoms with E-state index in [1.54, 1.807) is 84.9 Å². The second-order valence-corrected chi connectivity index (χ2v) is 10.7. The number of carbonyl (C=O) groups excluding carboxylic acids is 1. The molecule has 0 heterocycles. The van der Waals surface area contributed by atoms with E-state index >= 15 is 0 Å². The number of terminal acetylenes is 1. The van der Waals surface area contributed by atoms with Crippen LogP contribution in [0.4, 0.5) is 23.7 Å². The van der Waals surface area contributed by atoms with Gasteiger partial charge >= 0.3 is 25.8 Å². The van der Waals surface area contributed by atoms with Crippen LogP contribution in [0.1, 0.15) is 18.4 Å². The van der Waals surface area contributed by atoms with Gasteiger partial charge in [0.25, 0.3) is 0 Å². The number of nitrogens with one attached hydrogen (secondary N) is 1. The normalized spacial score (nSPS) is 11.4. The van der Waals surface area contributed by atoms with E-state index in [-0.39, 0.29) is 19.0 Å². The van der Waals surface area contributed by atoms with Gasteiger partial charge in [0.15, 0.2) is 11.7 Å². The van der Waals surface area contributed by atoms with Crippen molar-refractivity contribution in [3.63, 3.8) is 0 Å². The minimum Gasteiger partial charge on any atom is -0.475 e. The first kappa shape index (κ1) is 35.0. The van der Waals surface area contributed by atoms with Gasteiger partial charge in [-0.1, -0.05) is 48.5 Å². The van der Waals surface area contributed by atoms with E-state index in [4.69, 9.17) is 41.6 Å². The molecule has 0 radical (unpaired) electrons. The summed E-state index contributed by atoms with van der Waals surface area (Å²) in [4.78, 5) is 25.6. The molecule has 0 aromatic heterocycles. The van der Waals surface area contributed by atoms with Crippen LogP contribution in [0.5, 0.6) is 11.5 Å². The number of amides is 1. The van der Waals surface area contributed by atoms with Gasteiger partial charge in [-0.3, -0.25) is 0 Å². The van der Waals surface area contributed by atoms with Crippen LogP contribution in [0.25, 0.3) is 0 Å². The van der Waals surface area contributed by atoms with Crippen molar-refractivity contribution in [3.05, 3.63) is 90.5 Å². The van der Waals surface area contributed by atoms with Crippen LogP contribution in [0.15, 0.2) is 89.9 Å². The number of carboxylic acid groups (broad SMARTS) is 1. The number of ether oxygens (including phenoxy) is 1. The number of carbonyl (C=O) groups is 2. The highest BCUT2D eigenvalue weighted by molar-refractivity contribution is 7.55. The van der Waals surface area contributed by atoms with Crippen LogP contribution in [-0.4, -0.2) is 41.7 Å². The lowest BCUT2D eigenvalue weighted by Crippen LogP contribution is -2.39. The van der Waals surface area contributed by atoms with E-state index in [9.17, 15) is 22.5 Å². The van der Waals surface area contributed by atoms with Crippen molar-refractivity contribution < 1.29 is 46.2 Å². The molecule has 1 atom stereocenters. The molecular weight excluding hydrogens is 604 g/mol. The number of rotatable bonds is 12. The number of nitrogens with two attached hydrogens (primary N) is 2. The first-order valence-corrected chi connectivity index (χ1v) is 14.4. The number of halogens is 3. The van der Waals surface area contributed by atoms with Crippen LogP contribution in [0.2, 0.25) is 0 Å². The molecule has 0 aliphatic heterocycles. The van der Waals surface area contributed by atoms with Gasteiger partial charge in [0.05, 0.1) is 12.3 Å². The Morgan fingerprint density at radius 3 is 1.89 bits per heavy atom. The van der Waals surface area contributed by atoms with Crippen molar-refractivity contribution in [2.75, 3.05) is 6.61 Å². The zero-order valence-corrected chi connectivity index (χ0v) is 24.0. The fourth-order valence-corrected chi connectivity index (χ4v) is 5.06. The third-order valence-corrected chi connectivity index (χ3v) is 7.19. The van der Waals surface area contributed by atoms with Crippen LogP contribution in [-0.2, 0) is 20.5 Å². The maximum atomic E-state index is 14.4. The van der Waals surface area contributed by atoms with E-state index in [1.165, 1.54) is 0 Å². The third-order valence-electron chi connectivity index (χ3n) is 5.18. The van der Waals surface area contributed by atoms with E-state index in [0.717, 1.165) is 5.56 Å². The number of alkyl halides is 3. The summed E-state index contributed by atoms with van der Waals surface area (Å²) in [6.07, 6.45) is 0.460. The van der Waals surface area contributed by atoms with Gasteiger partial charge in [-0.15, -0.1) is 12.3 Å². The predicted molar refractivity (Wildman–Crippen MR) is 157 cm³/mol. The molecule has 0 saturated carbocycles. The SMILES string of the molecule is C#CCCCOC(=O)NC(Cc1ccc(N=C(N)N)cc1)P(=O)(Oc1ccccc1)Oc1ccccc1.O=C(O)C(F)(F)F. The smallest absolute Gasteiger partial charge is 0.475 e. The molecule has 0 spiro atoms. The maximum Gasteiger partial charge on any atom is 0.490 e. The molecule has 1 amide bonds. The summed E-state index contributed by atoms with van der Waals surface area (Å²) in [5, 5.41) is 9.80. The zero-order chi connectivity index (χ0) is 32.6. The molecule has 0 bridgehead atoms. The number of para-hydroxylation sites is 2. The number of hydrogen-bond donors (Lipinski definition) is 4. The summed E-state index contributed by atoms with van der Waals surface area (Å²) < 4.78 is 63.3. The fraction of sp³-hybridized carbons (Fsp3) is 0.207. The summed E-state index contributed by atoms with van der Waals surface area (Å²) >= 11 is 0. The van der Waals surface area contributed by atoms with Crippen molar-refractivity contribution in [1.29, 1.82) is 0 Å². The van der Waals surface area contributed by atoms with Crippen LogP contribution in [0, 0.1) is 12.3 Å². The lowest BCUT2D eigenvalue weighted by molar-refractivity contribution is -0.192. The summed E-state index contributed by atoms with van der Waals surface area (Å²) in [6, 6.07) is 24.1. The lowest BCUT2D eigenvalue weighted by Gasteiger charge is -2.28. The van der Waals surface area contributed by atoms with Gasteiger partial charge in [0.2, 0.25) is 0 Å². The molecule has 1 unspecified atom stereocenters. The molecule has 0 aliphatic carbocycles. The fourth-order valence-electron chi connectivity index (χ4n) is 3.24. The largest absolute Gasteiger partial charge is 0.490 e. The Kier molecular flexibility index (Phi) is 13.6. The Morgan fingerprint density at radius 1 is 0.955 bits per heavy atom. The second kappa shape index (κ2) is 17.1. The quantitative estimate of drug-likeness (QED) is 0.0651. The summed E-state index contributed by atoms with van der Waals surface area (Å²) in [7, 11) is -4.08. The minimum absolute atomic E-state index is 0.0723. The first-order chi connectivity index (χ1) is 20.8. The molecule has 0 saturated heterocycles. The molecule has 15 heteroatoms. The number of aliphatic imine (C=N–C) groups is 1. The molecule has 0 aliphatic rings. The lowest BCUT2D eigenvalue weighted by atomic mass is 10.1. The van der Waals surface area contributed by atoms with Crippen molar-refractivity contribution in [2.45, 2.75) is 31.2 Å². The highest BCUT2D eigenvalue weighted by Crippen LogP contribution is 2.53. The Balaban J connectivity index is 0.000000860. The van der Waals surface area contributed by atoms with Crippen LogP contribution >= 0.6 is 7.60 Å². The Hall–Kier alpha value is -5.15. The molecule has 44 heavy (non-hydrogen) atoms. The molecule has 3 rings (SSSR count). The van der Waals surface area contributed by atoms with Gasteiger partial charge in [-0.2, -0.15) is 13.2 Å². The number of aliphatic carboxylic acids is 1. The molecule has 3 aromatic rings. The Labute approximate surface area is 251 Å². The van der Waals surface area contributed by atoms with Crippen molar-refractivity contribution in [1.82, 2.24) is 5.32 Å². The second-order valence-electron chi connectivity index (χ2n) is 8.66. The summed E-state index contributed by atoms with van der Waals surface area (Å²) in [6.45, 7) is 0.110. The van der Waals surface area contributed by atoms with Gasteiger partial charge in [-0.25, -0.2) is 19.1 Å². The number of unbranched alkanes of at least 4 members (excludes halogenated alkanes) is 1. The minimum atomic E-state index is -5.08. The molecule has 6 N–H and O–H groups in total.